The number of para-hydroxylation sites is 1. The summed E-state index contributed by atoms with van der Waals surface area (Å²) >= 11 is 0. The van der Waals surface area contributed by atoms with Crippen LogP contribution in [0, 0.1) is 0 Å². The van der Waals surface area contributed by atoms with E-state index in [1.807, 2.05) is 43.1 Å². The fourth-order valence-electron chi connectivity index (χ4n) is 1.89. The summed E-state index contributed by atoms with van der Waals surface area (Å²) < 4.78 is 0. The van der Waals surface area contributed by atoms with Crippen LogP contribution in [0.15, 0.2) is 24.3 Å². The number of aliphatic hydroxyl groups is 1. The van der Waals surface area contributed by atoms with Crippen molar-refractivity contribution >= 4 is 5.69 Å². The second-order valence-corrected chi connectivity index (χ2v) is 5.02. The van der Waals surface area contributed by atoms with Crippen LogP contribution in [0.5, 0.6) is 0 Å². The molecule has 0 saturated carbocycles. The highest BCUT2D eigenvalue weighted by atomic mass is 16.3. The van der Waals surface area contributed by atoms with Gasteiger partial charge in [0, 0.05) is 25.3 Å². The summed E-state index contributed by atoms with van der Waals surface area (Å²) in [7, 11) is 1.97. The molecule has 0 radical (unpaired) electrons. The summed E-state index contributed by atoms with van der Waals surface area (Å²) in [6, 6.07) is 8.04. The third-order valence-electron chi connectivity index (χ3n) is 2.46. The number of nitrogens with two attached hydrogens (primary N) is 1. The Hall–Kier alpha value is -1.06. The fraction of sp³-hybridized carbons (Fsp3) is 0.538. The highest BCUT2D eigenvalue weighted by Gasteiger charge is 2.18. The second-order valence-electron chi connectivity index (χ2n) is 5.02. The molecule has 1 rings (SSSR count). The number of anilines is 1. The lowest BCUT2D eigenvalue weighted by Crippen LogP contribution is -2.36. The molecule has 0 aliphatic heterocycles. The summed E-state index contributed by atoms with van der Waals surface area (Å²) in [6.07, 6.45) is 0. The monoisotopic (exact) mass is 222 g/mol. The first-order valence-corrected chi connectivity index (χ1v) is 5.59. The third-order valence-corrected chi connectivity index (χ3v) is 2.46. The maximum absolute atomic E-state index is 9.81. The number of hydrogen-bond donors (Lipinski definition) is 2. The van der Waals surface area contributed by atoms with Crippen molar-refractivity contribution in [1.29, 1.82) is 0 Å². The van der Waals surface area contributed by atoms with Crippen LogP contribution in [0.3, 0.4) is 0 Å². The molecule has 0 spiro atoms. The van der Waals surface area contributed by atoms with Gasteiger partial charge in [-0.05, 0) is 32.4 Å². The first-order chi connectivity index (χ1) is 7.31. The minimum atomic E-state index is -0.709. The average molecular weight is 222 g/mol. The van der Waals surface area contributed by atoms with E-state index >= 15 is 0 Å². The molecule has 1 aromatic carbocycles. The van der Waals surface area contributed by atoms with Gasteiger partial charge in [0.05, 0.1) is 5.60 Å². The number of nitrogens with zero attached hydrogens (tertiary/aromatic N) is 1. The Morgan fingerprint density at radius 2 is 1.94 bits per heavy atom. The molecule has 1 atom stereocenters. The van der Waals surface area contributed by atoms with Gasteiger partial charge in [-0.3, -0.25) is 0 Å². The van der Waals surface area contributed by atoms with E-state index in [0.717, 1.165) is 11.3 Å². The SMILES string of the molecule is C[C@@H](N)c1ccccc1N(C)CC(C)(C)O. The van der Waals surface area contributed by atoms with Crippen molar-refractivity contribution in [2.75, 3.05) is 18.5 Å². The molecule has 0 aliphatic carbocycles. The Morgan fingerprint density at radius 3 is 2.44 bits per heavy atom. The number of rotatable bonds is 4. The first-order valence-electron chi connectivity index (χ1n) is 5.59. The van der Waals surface area contributed by atoms with Crippen LogP contribution >= 0.6 is 0 Å². The normalized spacial score (nSPS) is 13.6. The highest BCUT2D eigenvalue weighted by molar-refractivity contribution is 5.54. The zero-order chi connectivity index (χ0) is 12.3. The fourth-order valence-corrected chi connectivity index (χ4v) is 1.89. The molecule has 0 amide bonds. The molecule has 0 heterocycles. The van der Waals surface area contributed by atoms with Crippen LogP contribution in [0.1, 0.15) is 32.4 Å². The van der Waals surface area contributed by atoms with E-state index in [1.165, 1.54) is 0 Å². The quantitative estimate of drug-likeness (QED) is 0.818. The molecule has 16 heavy (non-hydrogen) atoms. The Bertz CT molecular complexity index is 342. The maximum Gasteiger partial charge on any atom is 0.0765 e. The van der Waals surface area contributed by atoms with Gasteiger partial charge in [-0.15, -0.1) is 0 Å². The molecule has 1 aromatic rings. The zero-order valence-electron chi connectivity index (χ0n) is 10.6. The second kappa shape index (κ2) is 4.85. The standard InChI is InChI=1S/C13H22N2O/c1-10(14)11-7-5-6-8-12(11)15(4)9-13(2,3)16/h5-8,10,16H,9,14H2,1-4H3/t10-/m1/s1. The summed E-state index contributed by atoms with van der Waals surface area (Å²) in [4.78, 5) is 2.04. The summed E-state index contributed by atoms with van der Waals surface area (Å²) in [6.45, 7) is 6.16. The van der Waals surface area contributed by atoms with E-state index in [0.29, 0.717) is 6.54 Å². The van der Waals surface area contributed by atoms with E-state index < -0.39 is 5.60 Å². The van der Waals surface area contributed by atoms with Crippen LogP contribution in [0.4, 0.5) is 5.69 Å². The maximum atomic E-state index is 9.81. The van der Waals surface area contributed by atoms with Crippen molar-refractivity contribution in [3.8, 4) is 0 Å². The molecule has 0 aromatic heterocycles. The van der Waals surface area contributed by atoms with Gasteiger partial charge in [0.2, 0.25) is 0 Å². The molecule has 3 N–H and O–H groups in total. The van der Waals surface area contributed by atoms with Gasteiger partial charge in [0.1, 0.15) is 0 Å². The topological polar surface area (TPSA) is 49.5 Å². The largest absolute Gasteiger partial charge is 0.389 e. The van der Waals surface area contributed by atoms with Gasteiger partial charge < -0.3 is 15.7 Å². The molecule has 0 bridgehead atoms. The Balaban J connectivity index is 2.95. The number of likely N-dealkylation sites (N-methyl/N-ethyl adjacent to an activating group) is 1. The van der Waals surface area contributed by atoms with Gasteiger partial charge in [-0.1, -0.05) is 18.2 Å². The van der Waals surface area contributed by atoms with Crippen molar-refractivity contribution in [2.24, 2.45) is 5.73 Å². The van der Waals surface area contributed by atoms with Gasteiger partial charge >= 0.3 is 0 Å². The van der Waals surface area contributed by atoms with Gasteiger partial charge in [0.25, 0.3) is 0 Å². The smallest absolute Gasteiger partial charge is 0.0765 e. The zero-order valence-corrected chi connectivity index (χ0v) is 10.6. The van der Waals surface area contributed by atoms with Crippen LogP contribution in [0.2, 0.25) is 0 Å². The van der Waals surface area contributed by atoms with Gasteiger partial charge in [0.15, 0.2) is 0 Å². The molecule has 0 unspecified atom stereocenters. The lowest BCUT2D eigenvalue weighted by molar-refractivity contribution is 0.0886. The lowest BCUT2D eigenvalue weighted by Gasteiger charge is -2.29. The molecule has 3 nitrogen and oxygen atoms in total. The van der Waals surface area contributed by atoms with Crippen LogP contribution in [-0.4, -0.2) is 24.3 Å². The Morgan fingerprint density at radius 1 is 1.38 bits per heavy atom. The highest BCUT2D eigenvalue weighted by Crippen LogP contribution is 2.25. The van der Waals surface area contributed by atoms with Gasteiger partial charge in [-0.2, -0.15) is 0 Å². The molecule has 90 valence electrons. The van der Waals surface area contributed by atoms with E-state index in [-0.39, 0.29) is 6.04 Å². The minimum absolute atomic E-state index is 0.000421. The van der Waals surface area contributed by atoms with Crippen molar-refractivity contribution in [1.82, 2.24) is 0 Å². The van der Waals surface area contributed by atoms with Crippen LogP contribution < -0.4 is 10.6 Å². The van der Waals surface area contributed by atoms with Crippen molar-refractivity contribution in [3.05, 3.63) is 29.8 Å². The lowest BCUT2D eigenvalue weighted by atomic mass is 10.0. The van der Waals surface area contributed by atoms with Crippen LogP contribution in [0.25, 0.3) is 0 Å². The minimum Gasteiger partial charge on any atom is -0.389 e. The van der Waals surface area contributed by atoms with Crippen molar-refractivity contribution in [2.45, 2.75) is 32.4 Å². The third kappa shape index (κ3) is 3.51. The predicted octanol–water partition coefficient (Wildman–Crippen LogP) is 1.91. The van der Waals surface area contributed by atoms with Gasteiger partial charge in [-0.25, -0.2) is 0 Å². The summed E-state index contributed by atoms with van der Waals surface area (Å²) in [5, 5.41) is 9.81. The number of hydrogen-bond acceptors (Lipinski definition) is 3. The van der Waals surface area contributed by atoms with E-state index in [2.05, 4.69) is 0 Å². The van der Waals surface area contributed by atoms with Crippen molar-refractivity contribution < 1.29 is 5.11 Å². The van der Waals surface area contributed by atoms with E-state index in [9.17, 15) is 5.11 Å². The molecule has 3 heteroatoms. The van der Waals surface area contributed by atoms with E-state index in [1.54, 1.807) is 13.8 Å². The molecular formula is C13H22N2O. The summed E-state index contributed by atoms with van der Waals surface area (Å²) in [5.74, 6) is 0. The molecule has 0 aliphatic rings. The summed E-state index contributed by atoms with van der Waals surface area (Å²) in [5.41, 5.74) is 7.41. The average Bonchev–Trinajstić information content (AvgIpc) is 2.15. The number of benzene rings is 1. The molecule has 0 saturated heterocycles. The molecule has 0 fully saturated rings. The Kier molecular flexibility index (Phi) is 3.94. The van der Waals surface area contributed by atoms with Crippen molar-refractivity contribution in [3.63, 3.8) is 0 Å². The predicted molar refractivity (Wildman–Crippen MR) is 68.6 cm³/mol. The van der Waals surface area contributed by atoms with Crippen LogP contribution in [-0.2, 0) is 0 Å². The molecular weight excluding hydrogens is 200 g/mol. The Labute approximate surface area is 97.9 Å². The first kappa shape index (κ1) is 13.0. The van der Waals surface area contributed by atoms with E-state index in [4.69, 9.17) is 5.73 Å².